The summed E-state index contributed by atoms with van der Waals surface area (Å²) < 4.78 is 13.3. The third-order valence-electron chi connectivity index (χ3n) is 2.99. The number of aromatic amines is 1. The Kier molecular flexibility index (Phi) is 2.78. The Bertz CT molecular complexity index is 594. The van der Waals surface area contributed by atoms with E-state index in [2.05, 4.69) is 0 Å². The van der Waals surface area contributed by atoms with E-state index < -0.39 is 41.9 Å². The molecule has 0 saturated carbocycles. The third-order valence-corrected chi connectivity index (χ3v) is 2.99. The van der Waals surface area contributed by atoms with E-state index in [4.69, 9.17) is 11.3 Å². The molecular formula is C10H14N2O6. The quantitative estimate of drug-likeness (QED) is 0.467. The average Bonchev–Trinajstić information content (AvgIpc) is 2.59. The molecule has 1 aliphatic rings. The number of nitrogens with zero attached hydrogens (tertiary/aromatic N) is 1. The van der Waals surface area contributed by atoms with Crippen LogP contribution in [0.5, 0.6) is 0 Å². The molecule has 1 aromatic rings. The van der Waals surface area contributed by atoms with E-state index >= 15 is 0 Å². The summed E-state index contributed by atoms with van der Waals surface area (Å²) in [4.78, 5) is 23.0. The first kappa shape index (κ1) is 11.6. The fraction of sp³-hybridized carbons (Fsp3) is 0.600. The van der Waals surface area contributed by atoms with Crippen molar-refractivity contribution in [2.24, 2.45) is 0 Å². The van der Waals surface area contributed by atoms with Crippen molar-refractivity contribution in [1.29, 1.82) is 0 Å². The molecule has 1 fully saturated rings. The first-order chi connectivity index (χ1) is 8.80. The van der Waals surface area contributed by atoms with Crippen LogP contribution in [0.3, 0.4) is 0 Å². The number of nitrogens with one attached hydrogen (secondary N) is 1. The van der Waals surface area contributed by atoms with Gasteiger partial charge in [-0.05, 0) is 6.92 Å². The zero-order valence-electron chi connectivity index (χ0n) is 10.6. The predicted octanol–water partition coefficient (Wildman–Crippen LogP) is -2.46. The van der Waals surface area contributed by atoms with Crippen LogP contribution in [0.4, 0.5) is 0 Å². The number of hydrogen-bond donors (Lipinski definition) is 4. The number of rotatable bonds is 2. The molecule has 2 rings (SSSR count). The largest absolute Gasteiger partial charge is 0.394 e. The zero-order chi connectivity index (χ0) is 14.4. The summed E-state index contributed by atoms with van der Waals surface area (Å²) in [5.41, 5.74) is -3.67. The molecule has 4 atom stereocenters. The van der Waals surface area contributed by atoms with Gasteiger partial charge in [0.15, 0.2) is 7.64 Å². The van der Waals surface area contributed by atoms with Crippen molar-refractivity contribution in [1.82, 2.24) is 9.54 Å². The molecule has 100 valence electrons. The number of ether oxygens (including phenoxy) is 1. The van der Waals surface area contributed by atoms with Gasteiger partial charge in [-0.15, -0.1) is 0 Å². The normalized spacial score (nSPS) is 36.7. The van der Waals surface area contributed by atoms with Crippen molar-refractivity contribution >= 4 is 0 Å². The molecule has 0 aliphatic carbocycles. The molecule has 0 amide bonds. The number of aliphatic hydroxyl groups excluding tert-OH is 2. The monoisotopic (exact) mass is 259 g/mol. The molecule has 0 aromatic carbocycles. The summed E-state index contributed by atoms with van der Waals surface area (Å²) in [7, 11) is 0. The van der Waals surface area contributed by atoms with E-state index in [0.29, 0.717) is 0 Å². The molecule has 18 heavy (non-hydrogen) atoms. The van der Waals surface area contributed by atoms with E-state index in [1.165, 1.54) is 6.92 Å². The number of hydrogen-bond acceptors (Lipinski definition) is 6. The molecule has 0 unspecified atom stereocenters. The maximum Gasteiger partial charge on any atom is 0.330 e. The summed E-state index contributed by atoms with van der Waals surface area (Å²) in [5.74, 6) is 0. The van der Waals surface area contributed by atoms with Gasteiger partial charge in [0.25, 0.3) is 5.56 Å². The lowest BCUT2D eigenvalue weighted by atomic mass is 9.96. The predicted molar refractivity (Wildman–Crippen MR) is 58.9 cm³/mol. The van der Waals surface area contributed by atoms with Gasteiger partial charge >= 0.3 is 5.69 Å². The molecular weight excluding hydrogens is 244 g/mol. The highest BCUT2D eigenvalue weighted by atomic mass is 16.6. The molecule has 0 spiro atoms. The van der Waals surface area contributed by atoms with Gasteiger partial charge in [-0.3, -0.25) is 14.3 Å². The summed E-state index contributed by atoms with van der Waals surface area (Å²) in [6, 6.07) is 0.965. The molecule has 4 N–H and O–H groups in total. The highest BCUT2D eigenvalue weighted by molar-refractivity contribution is 5.00. The molecule has 1 aromatic heterocycles. The Balaban J connectivity index is 2.51. The lowest BCUT2D eigenvalue weighted by molar-refractivity contribution is -0.0987. The SMILES string of the molecule is [2H]n1c(=O)ccn([C@@H]2O[C@H](CO)[C@@H](O)[C@@]2(C)O)c1=O. The van der Waals surface area contributed by atoms with Gasteiger partial charge in [-0.25, -0.2) is 4.79 Å². The molecule has 0 bridgehead atoms. The second-order valence-electron chi connectivity index (χ2n) is 4.34. The van der Waals surface area contributed by atoms with E-state index in [1.54, 1.807) is 0 Å². The summed E-state index contributed by atoms with van der Waals surface area (Å²) in [5, 5.41) is 29.0. The smallest absolute Gasteiger partial charge is 0.330 e. The van der Waals surface area contributed by atoms with E-state index in [0.717, 1.165) is 16.8 Å². The Morgan fingerprint density at radius 2 is 2.33 bits per heavy atom. The topological polar surface area (TPSA) is 125 Å². The highest BCUT2D eigenvalue weighted by Crippen LogP contribution is 2.36. The minimum Gasteiger partial charge on any atom is -0.394 e. The van der Waals surface area contributed by atoms with Crippen molar-refractivity contribution in [3.63, 3.8) is 0 Å². The van der Waals surface area contributed by atoms with E-state index in [-0.39, 0.29) is 4.98 Å². The molecule has 8 nitrogen and oxygen atoms in total. The van der Waals surface area contributed by atoms with Crippen LogP contribution < -0.4 is 11.2 Å². The van der Waals surface area contributed by atoms with Crippen molar-refractivity contribution in [2.45, 2.75) is 31.0 Å². The van der Waals surface area contributed by atoms with Gasteiger partial charge in [-0.2, -0.15) is 0 Å². The lowest BCUT2D eigenvalue weighted by Gasteiger charge is -2.27. The molecule has 1 aliphatic heterocycles. The summed E-state index contributed by atoms with van der Waals surface area (Å²) in [6.45, 7) is 0.701. The molecule has 0 radical (unpaired) electrons. The van der Waals surface area contributed by atoms with Crippen molar-refractivity contribution in [3.05, 3.63) is 33.1 Å². The van der Waals surface area contributed by atoms with Crippen LogP contribution >= 0.6 is 0 Å². The van der Waals surface area contributed by atoms with Gasteiger partial charge in [0.05, 0.1) is 6.61 Å². The lowest BCUT2D eigenvalue weighted by Crippen LogP contribution is -2.46. The van der Waals surface area contributed by atoms with Gasteiger partial charge in [0.1, 0.15) is 17.8 Å². The van der Waals surface area contributed by atoms with Crippen LogP contribution in [0.15, 0.2) is 21.9 Å². The number of aliphatic hydroxyl groups is 3. The van der Waals surface area contributed by atoms with Crippen molar-refractivity contribution in [2.75, 3.05) is 6.61 Å². The van der Waals surface area contributed by atoms with Crippen molar-refractivity contribution < 1.29 is 21.5 Å². The van der Waals surface area contributed by atoms with E-state index in [1.807, 2.05) is 0 Å². The fourth-order valence-corrected chi connectivity index (χ4v) is 1.97. The third kappa shape index (κ3) is 1.89. The second kappa shape index (κ2) is 4.32. The average molecular weight is 259 g/mol. The van der Waals surface area contributed by atoms with E-state index in [9.17, 15) is 19.8 Å². The standard InChI is InChI=1S/C10H14N2O6/c1-10(17)7(15)5(4-13)18-8(10)12-3-2-6(14)11-9(12)16/h2-3,5,7-8,13,15,17H,4H2,1H3,(H,11,14,16)/t5-,7-,8-,10-/m1/s1/i/hD. The Labute approximate surface area is 103 Å². The van der Waals surface area contributed by atoms with Crippen LogP contribution in [0.25, 0.3) is 0 Å². The first-order valence-electron chi connectivity index (χ1n) is 5.75. The first-order valence-corrected chi connectivity index (χ1v) is 5.31. The van der Waals surface area contributed by atoms with Crippen LogP contribution in [0, 0.1) is 0 Å². The Morgan fingerprint density at radius 1 is 1.67 bits per heavy atom. The summed E-state index contributed by atoms with van der Waals surface area (Å²) in [6.07, 6.45) is -2.69. The van der Waals surface area contributed by atoms with Gasteiger partial charge in [-0.1, -0.05) is 0 Å². The summed E-state index contributed by atoms with van der Waals surface area (Å²) >= 11 is 0. The number of H-pyrrole nitrogens is 1. The Morgan fingerprint density at radius 3 is 2.89 bits per heavy atom. The fourth-order valence-electron chi connectivity index (χ4n) is 1.97. The number of aromatic nitrogens is 2. The molecule has 2 heterocycles. The van der Waals surface area contributed by atoms with Crippen LogP contribution in [0.1, 0.15) is 13.2 Å². The van der Waals surface area contributed by atoms with Crippen LogP contribution in [-0.4, -0.2) is 49.3 Å². The van der Waals surface area contributed by atoms with Gasteiger partial charge < -0.3 is 20.1 Å². The van der Waals surface area contributed by atoms with Gasteiger partial charge in [0.2, 0.25) is 0 Å². The minimum absolute atomic E-state index is 0.109. The zero-order valence-corrected chi connectivity index (χ0v) is 9.55. The molecule has 8 heteroatoms. The van der Waals surface area contributed by atoms with Crippen LogP contribution in [0.2, 0.25) is 1.41 Å². The van der Waals surface area contributed by atoms with Crippen LogP contribution in [-0.2, 0) is 4.74 Å². The Hall–Kier alpha value is -1.48. The van der Waals surface area contributed by atoms with Gasteiger partial charge in [0, 0.05) is 12.3 Å². The second-order valence-corrected chi connectivity index (χ2v) is 4.34. The highest BCUT2D eigenvalue weighted by Gasteiger charge is 2.53. The van der Waals surface area contributed by atoms with Crippen molar-refractivity contribution in [3.8, 4) is 0 Å². The maximum absolute atomic E-state index is 11.8. The maximum atomic E-state index is 11.8. The minimum atomic E-state index is -1.84. The molecule has 1 saturated heterocycles.